The predicted molar refractivity (Wildman–Crippen MR) is 78.0 cm³/mol. The third-order valence-corrected chi connectivity index (χ3v) is 4.43. The predicted octanol–water partition coefficient (Wildman–Crippen LogP) is 3.04. The summed E-state index contributed by atoms with van der Waals surface area (Å²) in [6.07, 6.45) is 1.34. The maximum atomic E-state index is 11.3. The van der Waals surface area contributed by atoms with Gasteiger partial charge in [0, 0.05) is 24.7 Å². The second-order valence-corrected chi connectivity index (χ2v) is 5.53. The number of hydrogen-bond donors (Lipinski definition) is 1. The minimum Gasteiger partial charge on any atom is -0.326 e. The largest absolute Gasteiger partial charge is 0.326 e. The summed E-state index contributed by atoms with van der Waals surface area (Å²) in [5.41, 5.74) is 4.11. The number of aromatic nitrogens is 2. The van der Waals surface area contributed by atoms with Crippen LogP contribution in [0.5, 0.6) is 0 Å². The molecule has 0 unspecified atom stereocenters. The summed E-state index contributed by atoms with van der Waals surface area (Å²) in [4.78, 5) is 15.9. The highest BCUT2D eigenvalue weighted by Crippen LogP contribution is 2.32. The van der Waals surface area contributed by atoms with Crippen molar-refractivity contribution in [2.75, 3.05) is 5.32 Å². The summed E-state index contributed by atoms with van der Waals surface area (Å²) in [5, 5.41) is 2.89. The van der Waals surface area contributed by atoms with Gasteiger partial charge < -0.3 is 9.88 Å². The number of hydrogen-bond acceptors (Lipinski definition) is 2. The first kappa shape index (κ1) is 12.4. The van der Waals surface area contributed by atoms with Crippen LogP contribution in [0.1, 0.15) is 17.8 Å². The van der Waals surface area contributed by atoms with E-state index in [0.717, 1.165) is 33.8 Å². The molecule has 0 fully saturated rings. The number of benzene rings is 1. The molecule has 2 aromatic rings. The van der Waals surface area contributed by atoms with Crippen molar-refractivity contribution < 1.29 is 4.79 Å². The Morgan fingerprint density at radius 3 is 2.84 bits per heavy atom. The molecular formula is C14H14BrN3O. The number of imidazole rings is 1. The molecule has 1 aliphatic heterocycles. The molecule has 4 nitrogen and oxygen atoms in total. The molecule has 98 valence electrons. The van der Waals surface area contributed by atoms with Gasteiger partial charge in [0.1, 0.15) is 16.1 Å². The number of aryl methyl sites for hydroxylation is 2. The lowest BCUT2D eigenvalue weighted by Crippen LogP contribution is -2.18. The maximum Gasteiger partial charge on any atom is 0.224 e. The Morgan fingerprint density at radius 2 is 2.16 bits per heavy atom. The molecule has 3 rings (SSSR count). The Bertz CT molecular complexity index is 676. The number of fused-ring (bicyclic) bond motifs is 1. The summed E-state index contributed by atoms with van der Waals surface area (Å²) in [7, 11) is 1.98. The van der Waals surface area contributed by atoms with E-state index in [9.17, 15) is 4.79 Å². The van der Waals surface area contributed by atoms with Crippen LogP contribution in [0, 0.1) is 6.92 Å². The van der Waals surface area contributed by atoms with E-state index < -0.39 is 0 Å². The lowest BCUT2D eigenvalue weighted by molar-refractivity contribution is -0.116. The number of carbonyl (C=O) groups excluding carboxylic acids is 1. The molecular weight excluding hydrogens is 306 g/mol. The average molecular weight is 320 g/mol. The molecule has 0 aliphatic carbocycles. The maximum absolute atomic E-state index is 11.3. The molecule has 0 atom stereocenters. The van der Waals surface area contributed by atoms with E-state index in [1.807, 2.05) is 30.7 Å². The monoisotopic (exact) mass is 319 g/mol. The Kier molecular flexibility index (Phi) is 2.93. The van der Waals surface area contributed by atoms with Gasteiger partial charge in [-0.15, -0.1) is 0 Å². The van der Waals surface area contributed by atoms with Crippen LogP contribution in [0.25, 0.3) is 11.3 Å². The fourth-order valence-corrected chi connectivity index (χ4v) is 2.87. The molecule has 5 heteroatoms. The average Bonchev–Trinajstić information content (AvgIpc) is 2.66. The van der Waals surface area contributed by atoms with Crippen LogP contribution in [0.4, 0.5) is 5.69 Å². The highest BCUT2D eigenvalue weighted by molar-refractivity contribution is 9.10. The van der Waals surface area contributed by atoms with Crippen LogP contribution < -0.4 is 5.32 Å². The highest BCUT2D eigenvalue weighted by atomic mass is 79.9. The van der Waals surface area contributed by atoms with E-state index in [1.54, 1.807) is 0 Å². The molecule has 1 N–H and O–H groups in total. The summed E-state index contributed by atoms with van der Waals surface area (Å²) >= 11 is 3.57. The summed E-state index contributed by atoms with van der Waals surface area (Å²) in [6.45, 7) is 1.98. The second-order valence-electron chi connectivity index (χ2n) is 4.78. The van der Waals surface area contributed by atoms with Gasteiger partial charge in [-0.2, -0.15) is 0 Å². The van der Waals surface area contributed by atoms with Gasteiger partial charge in [0.25, 0.3) is 0 Å². The summed E-state index contributed by atoms with van der Waals surface area (Å²) in [6, 6.07) is 6.07. The van der Waals surface area contributed by atoms with E-state index in [1.165, 1.54) is 5.56 Å². The van der Waals surface area contributed by atoms with Crippen molar-refractivity contribution in [1.82, 2.24) is 9.55 Å². The van der Waals surface area contributed by atoms with Crippen LogP contribution in [0.2, 0.25) is 0 Å². The molecule has 0 saturated carbocycles. The van der Waals surface area contributed by atoms with Gasteiger partial charge in [-0.05, 0) is 47.0 Å². The van der Waals surface area contributed by atoms with Crippen molar-refractivity contribution in [1.29, 1.82) is 0 Å². The quantitative estimate of drug-likeness (QED) is 0.878. The first-order chi connectivity index (χ1) is 9.06. The van der Waals surface area contributed by atoms with E-state index in [4.69, 9.17) is 0 Å². The van der Waals surface area contributed by atoms with Gasteiger partial charge in [-0.1, -0.05) is 6.07 Å². The minimum atomic E-state index is 0.0927. The number of halogens is 1. The van der Waals surface area contributed by atoms with Crippen LogP contribution >= 0.6 is 15.9 Å². The van der Waals surface area contributed by atoms with Crippen molar-refractivity contribution >= 4 is 27.5 Å². The molecule has 0 spiro atoms. The normalized spacial score (nSPS) is 14.2. The molecule has 0 bridgehead atoms. The van der Waals surface area contributed by atoms with E-state index in [2.05, 4.69) is 32.3 Å². The fourth-order valence-electron chi connectivity index (χ4n) is 2.30. The van der Waals surface area contributed by atoms with E-state index in [0.29, 0.717) is 6.42 Å². The Morgan fingerprint density at radius 1 is 1.37 bits per heavy atom. The molecule has 0 saturated heterocycles. The molecule has 1 aromatic heterocycles. The SMILES string of the molecule is Cc1nc(-c2ccc3c(c2)CCC(=O)N3)c(Br)n1C. The van der Waals surface area contributed by atoms with Crippen LogP contribution in [0.3, 0.4) is 0 Å². The Balaban J connectivity index is 2.07. The molecule has 1 amide bonds. The minimum absolute atomic E-state index is 0.0927. The Labute approximate surface area is 120 Å². The zero-order valence-corrected chi connectivity index (χ0v) is 12.4. The number of carbonyl (C=O) groups is 1. The standard InChI is InChI=1S/C14H14BrN3O/c1-8-16-13(14(15)18(8)2)10-3-5-11-9(7-10)4-6-12(19)17-11/h3,5,7H,4,6H2,1-2H3,(H,17,19). The van der Waals surface area contributed by atoms with Gasteiger partial charge in [0.2, 0.25) is 5.91 Å². The first-order valence-electron chi connectivity index (χ1n) is 6.18. The van der Waals surface area contributed by atoms with E-state index >= 15 is 0 Å². The van der Waals surface area contributed by atoms with Crippen LogP contribution in [-0.4, -0.2) is 15.5 Å². The molecule has 1 aliphatic rings. The van der Waals surface area contributed by atoms with Gasteiger partial charge in [0.05, 0.1) is 0 Å². The van der Waals surface area contributed by atoms with Crippen molar-refractivity contribution in [3.8, 4) is 11.3 Å². The zero-order chi connectivity index (χ0) is 13.6. The third kappa shape index (κ3) is 2.08. The topological polar surface area (TPSA) is 46.9 Å². The smallest absolute Gasteiger partial charge is 0.224 e. The number of nitrogens with zero attached hydrogens (tertiary/aromatic N) is 2. The number of rotatable bonds is 1. The number of amides is 1. The molecule has 19 heavy (non-hydrogen) atoms. The van der Waals surface area contributed by atoms with Gasteiger partial charge in [0.15, 0.2) is 0 Å². The van der Waals surface area contributed by atoms with Crippen molar-refractivity contribution in [3.63, 3.8) is 0 Å². The number of anilines is 1. The second kappa shape index (κ2) is 4.49. The molecule has 0 radical (unpaired) electrons. The molecule has 1 aromatic carbocycles. The summed E-state index contributed by atoms with van der Waals surface area (Å²) < 4.78 is 2.99. The Hall–Kier alpha value is -1.62. The van der Waals surface area contributed by atoms with Crippen molar-refractivity contribution in [2.24, 2.45) is 7.05 Å². The number of nitrogens with one attached hydrogen (secondary N) is 1. The molecule has 2 heterocycles. The van der Waals surface area contributed by atoms with E-state index in [-0.39, 0.29) is 5.91 Å². The lowest BCUT2D eigenvalue weighted by atomic mass is 9.99. The fraction of sp³-hybridized carbons (Fsp3) is 0.286. The van der Waals surface area contributed by atoms with Gasteiger partial charge in [-0.3, -0.25) is 4.79 Å². The zero-order valence-electron chi connectivity index (χ0n) is 10.8. The van der Waals surface area contributed by atoms with Gasteiger partial charge in [-0.25, -0.2) is 4.98 Å². The third-order valence-electron chi connectivity index (χ3n) is 3.52. The van der Waals surface area contributed by atoms with Crippen molar-refractivity contribution in [3.05, 3.63) is 34.2 Å². The highest BCUT2D eigenvalue weighted by Gasteiger charge is 2.17. The van der Waals surface area contributed by atoms with Crippen LogP contribution in [-0.2, 0) is 18.3 Å². The van der Waals surface area contributed by atoms with Crippen LogP contribution in [0.15, 0.2) is 22.8 Å². The first-order valence-corrected chi connectivity index (χ1v) is 6.97. The summed E-state index contributed by atoms with van der Waals surface area (Å²) in [5.74, 6) is 1.06. The van der Waals surface area contributed by atoms with Gasteiger partial charge >= 0.3 is 0 Å². The lowest BCUT2D eigenvalue weighted by Gasteiger charge is -2.17. The van der Waals surface area contributed by atoms with Crippen molar-refractivity contribution in [2.45, 2.75) is 19.8 Å².